The molecule has 1 saturated heterocycles. The summed E-state index contributed by atoms with van der Waals surface area (Å²) in [6.45, 7) is 5.39. The van der Waals surface area contributed by atoms with E-state index in [1.165, 1.54) is 29.7 Å². The van der Waals surface area contributed by atoms with E-state index in [9.17, 15) is 0 Å². The van der Waals surface area contributed by atoms with E-state index >= 15 is 0 Å². The SMILES string of the molecule is Cc1cccc2c1nc(N)n2CC1(C)CCCS1. The highest BCUT2D eigenvalue weighted by molar-refractivity contribution is 8.00. The first-order chi connectivity index (χ1) is 8.59. The quantitative estimate of drug-likeness (QED) is 0.902. The smallest absolute Gasteiger partial charge is 0.201 e. The number of nitrogens with two attached hydrogens (primary N) is 1. The third-order valence-corrected chi connectivity index (χ3v) is 5.33. The standard InChI is InChI=1S/C14H19N3S/c1-10-5-3-6-11-12(10)16-13(15)17(11)9-14(2)7-4-8-18-14/h3,5-6H,4,7-9H2,1-2H3,(H2,15,16). The molecule has 4 heteroatoms. The second-order valence-electron chi connectivity index (χ2n) is 5.40. The Balaban J connectivity index is 2.06. The maximum Gasteiger partial charge on any atom is 0.201 e. The van der Waals surface area contributed by atoms with Gasteiger partial charge in [0.15, 0.2) is 0 Å². The van der Waals surface area contributed by atoms with E-state index in [1.807, 2.05) is 0 Å². The van der Waals surface area contributed by atoms with Gasteiger partial charge in [-0.15, -0.1) is 0 Å². The van der Waals surface area contributed by atoms with Crippen LogP contribution in [0, 0.1) is 6.92 Å². The lowest BCUT2D eigenvalue weighted by Crippen LogP contribution is -2.24. The van der Waals surface area contributed by atoms with Gasteiger partial charge in [-0.05, 0) is 44.1 Å². The molecule has 0 bridgehead atoms. The van der Waals surface area contributed by atoms with Gasteiger partial charge in [0.2, 0.25) is 5.95 Å². The number of anilines is 1. The molecule has 1 fully saturated rings. The Morgan fingerprint density at radius 1 is 1.50 bits per heavy atom. The van der Waals surface area contributed by atoms with E-state index in [4.69, 9.17) is 5.73 Å². The highest BCUT2D eigenvalue weighted by atomic mass is 32.2. The first-order valence-corrected chi connectivity index (χ1v) is 7.43. The van der Waals surface area contributed by atoms with Gasteiger partial charge in [0.1, 0.15) is 0 Å². The molecule has 1 aromatic heterocycles. The Bertz CT molecular complexity index is 582. The highest BCUT2D eigenvalue weighted by Gasteiger charge is 2.31. The predicted molar refractivity (Wildman–Crippen MR) is 79.0 cm³/mol. The fourth-order valence-corrected chi connectivity index (χ4v) is 4.06. The summed E-state index contributed by atoms with van der Waals surface area (Å²) in [4.78, 5) is 4.52. The second-order valence-corrected chi connectivity index (χ2v) is 7.08. The van der Waals surface area contributed by atoms with Gasteiger partial charge >= 0.3 is 0 Å². The summed E-state index contributed by atoms with van der Waals surface area (Å²) in [7, 11) is 0. The minimum atomic E-state index is 0.311. The first kappa shape index (κ1) is 11.9. The van der Waals surface area contributed by atoms with Crippen LogP contribution < -0.4 is 5.73 Å². The second kappa shape index (κ2) is 4.19. The van der Waals surface area contributed by atoms with Crippen molar-refractivity contribution < 1.29 is 0 Å². The zero-order valence-electron chi connectivity index (χ0n) is 10.9. The molecule has 1 unspecified atom stereocenters. The van der Waals surface area contributed by atoms with Crippen LogP contribution in [0.1, 0.15) is 25.3 Å². The van der Waals surface area contributed by atoms with Crippen molar-refractivity contribution >= 4 is 28.7 Å². The average molecular weight is 261 g/mol. The van der Waals surface area contributed by atoms with Crippen molar-refractivity contribution in [1.29, 1.82) is 0 Å². The molecule has 0 spiro atoms. The molecular formula is C14H19N3S. The third-order valence-electron chi connectivity index (χ3n) is 3.80. The molecule has 3 nitrogen and oxygen atoms in total. The van der Waals surface area contributed by atoms with Crippen LogP contribution in [0.3, 0.4) is 0 Å². The summed E-state index contributed by atoms with van der Waals surface area (Å²) < 4.78 is 2.49. The van der Waals surface area contributed by atoms with Crippen LogP contribution in [-0.4, -0.2) is 20.1 Å². The Morgan fingerprint density at radius 3 is 3.06 bits per heavy atom. The Morgan fingerprint density at radius 2 is 2.33 bits per heavy atom. The minimum absolute atomic E-state index is 0.311. The van der Waals surface area contributed by atoms with Crippen LogP contribution in [-0.2, 0) is 6.54 Å². The molecule has 2 aromatic rings. The molecule has 18 heavy (non-hydrogen) atoms. The van der Waals surface area contributed by atoms with E-state index in [2.05, 4.69) is 53.4 Å². The summed E-state index contributed by atoms with van der Waals surface area (Å²) in [6.07, 6.45) is 2.58. The maximum absolute atomic E-state index is 6.10. The largest absolute Gasteiger partial charge is 0.369 e. The number of fused-ring (bicyclic) bond motifs is 1. The van der Waals surface area contributed by atoms with Crippen molar-refractivity contribution in [2.75, 3.05) is 11.5 Å². The van der Waals surface area contributed by atoms with Crippen LogP contribution >= 0.6 is 11.8 Å². The third kappa shape index (κ3) is 1.88. The molecule has 0 amide bonds. The van der Waals surface area contributed by atoms with Crippen LogP contribution in [0.5, 0.6) is 0 Å². The Hall–Kier alpha value is -1.16. The van der Waals surface area contributed by atoms with E-state index in [-0.39, 0.29) is 0 Å². The monoisotopic (exact) mass is 261 g/mol. The fourth-order valence-electron chi connectivity index (χ4n) is 2.77. The number of aromatic nitrogens is 2. The number of para-hydroxylation sites is 1. The Labute approximate surface area is 112 Å². The lowest BCUT2D eigenvalue weighted by atomic mass is 10.1. The maximum atomic E-state index is 6.10. The predicted octanol–water partition coefficient (Wildman–Crippen LogP) is 3.21. The molecule has 2 heterocycles. The van der Waals surface area contributed by atoms with Crippen molar-refractivity contribution in [2.24, 2.45) is 0 Å². The summed E-state index contributed by atoms with van der Waals surface area (Å²) >= 11 is 2.06. The van der Waals surface area contributed by atoms with Crippen molar-refractivity contribution in [1.82, 2.24) is 9.55 Å². The normalized spacial score (nSPS) is 23.9. The number of imidazole rings is 1. The molecule has 3 rings (SSSR count). The lowest BCUT2D eigenvalue weighted by molar-refractivity contribution is 0.522. The number of hydrogen-bond donors (Lipinski definition) is 1. The van der Waals surface area contributed by atoms with Gasteiger partial charge < -0.3 is 10.3 Å². The molecule has 1 atom stereocenters. The number of rotatable bonds is 2. The van der Waals surface area contributed by atoms with E-state index in [0.29, 0.717) is 10.7 Å². The van der Waals surface area contributed by atoms with Gasteiger partial charge in [0.05, 0.1) is 11.0 Å². The van der Waals surface area contributed by atoms with Crippen LogP contribution in [0.2, 0.25) is 0 Å². The molecule has 0 saturated carbocycles. The van der Waals surface area contributed by atoms with Gasteiger partial charge in [-0.3, -0.25) is 0 Å². The number of thioether (sulfide) groups is 1. The zero-order chi connectivity index (χ0) is 12.8. The van der Waals surface area contributed by atoms with E-state index in [0.717, 1.165) is 12.1 Å². The number of hydrogen-bond acceptors (Lipinski definition) is 3. The molecule has 1 aliphatic heterocycles. The molecule has 1 aliphatic rings. The fraction of sp³-hybridized carbons (Fsp3) is 0.500. The van der Waals surface area contributed by atoms with E-state index in [1.54, 1.807) is 0 Å². The van der Waals surface area contributed by atoms with Crippen molar-refractivity contribution in [3.63, 3.8) is 0 Å². The first-order valence-electron chi connectivity index (χ1n) is 6.44. The topological polar surface area (TPSA) is 43.8 Å². The van der Waals surface area contributed by atoms with Crippen LogP contribution in [0.4, 0.5) is 5.95 Å². The molecule has 0 aliphatic carbocycles. The molecule has 0 radical (unpaired) electrons. The highest BCUT2D eigenvalue weighted by Crippen LogP contribution is 2.40. The zero-order valence-corrected chi connectivity index (χ0v) is 11.8. The molecular weight excluding hydrogens is 242 g/mol. The molecule has 96 valence electrons. The van der Waals surface area contributed by atoms with Gasteiger partial charge in [-0.1, -0.05) is 12.1 Å². The van der Waals surface area contributed by atoms with Gasteiger partial charge in [0, 0.05) is 11.3 Å². The number of nitrogen functional groups attached to an aromatic ring is 1. The average Bonchev–Trinajstić information content (AvgIpc) is 2.88. The Kier molecular flexibility index (Phi) is 2.77. The summed E-state index contributed by atoms with van der Waals surface area (Å²) in [5.74, 6) is 1.91. The van der Waals surface area contributed by atoms with Gasteiger partial charge in [-0.25, -0.2) is 4.98 Å². The number of nitrogens with zero attached hydrogens (tertiary/aromatic N) is 2. The van der Waals surface area contributed by atoms with Crippen LogP contribution in [0.15, 0.2) is 18.2 Å². The van der Waals surface area contributed by atoms with Crippen molar-refractivity contribution in [3.8, 4) is 0 Å². The summed E-state index contributed by atoms with van der Waals surface area (Å²) in [6, 6.07) is 6.29. The number of aryl methyl sites for hydroxylation is 1. The molecule has 2 N–H and O–H groups in total. The van der Waals surface area contributed by atoms with E-state index < -0.39 is 0 Å². The summed E-state index contributed by atoms with van der Waals surface area (Å²) in [5.41, 5.74) is 9.51. The molecule has 1 aromatic carbocycles. The number of benzene rings is 1. The van der Waals surface area contributed by atoms with Crippen LogP contribution in [0.25, 0.3) is 11.0 Å². The summed E-state index contributed by atoms with van der Waals surface area (Å²) in [5, 5.41) is 0. The minimum Gasteiger partial charge on any atom is -0.369 e. The van der Waals surface area contributed by atoms with Gasteiger partial charge in [0.25, 0.3) is 0 Å². The van der Waals surface area contributed by atoms with Crippen molar-refractivity contribution in [3.05, 3.63) is 23.8 Å². The lowest BCUT2D eigenvalue weighted by Gasteiger charge is -2.24. The van der Waals surface area contributed by atoms with Crippen molar-refractivity contribution in [2.45, 2.75) is 38.0 Å². The van der Waals surface area contributed by atoms with Gasteiger partial charge in [-0.2, -0.15) is 11.8 Å².